The van der Waals surface area contributed by atoms with E-state index in [4.69, 9.17) is 24.8 Å². The van der Waals surface area contributed by atoms with Crippen LogP contribution in [0.4, 0.5) is 43.9 Å². The van der Waals surface area contributed by atoms with Gasteiger partial charge in [0.15, 0.2) is 23.0 Å². The molecule has 4 saturated carbocycles. The monoisotopic (exact) mass is 2490 g/mol. The minimum Gasteiger partial charge on any atom is -0.508 e. The number of phenolic OH excluding ortho intramolecular Hbond substituents is 3. The van der Waals surface area contributed by atoms with Crippen molar-refractivity contribution in [2.24, 2.45) is 41.4 Å². The van der Waals surface area contributed by atoms with Gasteiger partial charge >= 0.3 is 0 Å². The summed E-state index contributed by atoms with van der Waals surface area (Å²) in [5, 5.41) is 27.3. The van der Waals surface area contributed by atoms with Crippen molar-refractivity contribution in [2.75, 3.05) is 13.2 Å². The van der Waals surface area contributed by atoms with Crippen molar-refractivity contribution in [3.8, 4) is 118 Å². The molecule has 19 rings (SSSR count). The van der Waals surface area contributed by atoms with Crippen LogP contribution < -0.4 is 9.47 Å². The van der Waals surface area contributed by atoms with Gasteiger partial charge in [-0.2, -0.15) is 90.4 Å². The van der Waals surface area contributed by atoms with E-state index in [0.29, 0.717) is 59.0 Å². The van der Waals surface area contributed by atoms with Gasteiger partial charge in [0.1, 0.15) is 17.4 Å². The van der Waals surface area contributed by atoms with E-state index in [2.05, 4.69) is 150 Å². The van der Waals surface area contributed by atoms with E-state index in [1.807, 2.05) is 141 Å². The fourth-order valence-corrected chi connectivity index (χ4v) is 18.2. The van der Waals surface area contributed by atoms with Gasteiger partial charge in [0, 0.05) is 252 Å². The van der Waals surface area contributed by atoms with Crippen LogP contribution in [-0.4, -0.2) is 28.5 Å². The van der Waals surface area contributed by atoms with E-state index in [-0.39, 0.29) is 257 Å². The summed E-state index contributed by atoms with van der Waals surface area (Å²) < 4.78 is 147. The molecule has 4 aliphatic rings. The molecule has 15 aromatic rings. The Bertz CT molecular complexity index is 6300. The summed E-state index contributed by atoms with van der Waals surface area (Å²) in [4.78, 5) is 0. The van der Waals surface area contributed by atoms with Crippen molar-refractivity contribution in [3.05, 3.63) is 414 Å². The van der Waals surface area contributed by atoms with E-state index >= 15 is 0 Å². The first-order chi connectivity index (χ1) is 66.6. The average molecular weight is 2490 g/mol. The molecule has 0 aliphatic heterocycles. The first-order valence-corrected chi connectivity index (χ1v) is 47.8. The summed E-state index contributed by atoms with van der Waals surface area (Å²) in [6, 6.07) is 102. The molecule has 7 radical (unpaired) electrons. The maximum absolute atomic E-state index is 14.6. The number of aryl methyl sites for hydroxylation is 4. The molecule has 0 unspecified atom stereocenters. The van der Waals surface area contributed by atoms with Crippen LogP contribution in [0.5, 0.6) is 28.7 Å². The van der Waals surface area contributed by atoms with Crippen molar-refractivity contribution in [1.29, 1.82) is 0 Å². The zero-order valence-corrected chi connectivity index (χ0v) is 103. The zero-order valence-electron chi connectivity index (χ0n) is 83.2. The summed E-state index contributed by atoms with van der Waals surface area (Å²) in [5.41, 5.74) is 19.7. The Morgan fingerprint density at radius 2 is 0.579 bits per heavy atom. The quantitative estimate of drug-likeness (QED) is 0.0664. The van der Waals surface area contributed by atoms with E-state index in [9.17, 15) is 43.9 Å². The molecule has 22 heteroatoms. The number of benzene rings is 15. The molecule has 0 bridgehead atoms. The number of ether oxygens (including phenoxy) is 2. The second-order valence-corrected chi connectivity index (χ2v) is 37.2. The summed E-state index contributed by atoms with van der Waals surface area (Å²) in [5.74, 6) is -4.48. The SMILES string of the molecule is CC1CCC(C2CCC(COc3ccc(O)c(F)c3F)CC2)CC1.CC1CCC(COc2ccc(O)c(F)c2F)CC1.CC1CCC(c2ccc(-c3cc[c-]c(F)c3F)cc2)CC1.Cc1ccc(-c2cc[c-]cc2)cc1.Cc1ccc(-c2ccc(-c3cc[c-]cc3)cc2)c(F)c1.Cc1ccc(-c2ccc(-c3ccc(-c4cc(F)[c-]c(F)c4)c(F)c3)cc2)cc1.Cc1ccc(-c2ccc(O)cc2)cc1.[Y].[Y].[Y].[Y].[Y].[Y].[Y]. The van der Waals surface area contributed by atoms with Gasteiger partial charge in [0.25, 0.3) is 0 Å². The molecule has 0 atom stereocenters. The standard InChI is InChI=1S/C25H16F3.C20H28F2O2.C19H19F2.C19H14F.C14H18F2O2.C13H12O.C13H11.7Y/c1-16-2-4-17(5-3-16)18-6-8-19(9-7-18)20-10-11-24(25(28)14-20)21-12-22(26)15-23(27)13-21;1-13-2-6-15(7-3-13)16-8-4-14(5-9-16)12-24-18-11-10-17(23)19(21)20(18)22;1-13-5-7-14(8-6-13)15-9-11-16(12-10-15)17-3-2-4-18(20)19(17)21;1-14-7-12-18(19(20)13-14)17-10-8-16(9-11-17)15-5-3-2-4-6-15;1-9-2-4-10(5-3-9)8-18-12-7-6-11(17)13(15)14(12)16;1-10-2-4-11(5-3-10)12-6-8-13(14)9-7-12;1-11-7-9-13(10-8-11)12-5-3-2-4-6-12;;;;;;;/h2-14H,1H3;10-11,13-16,23H,2-9,12H2,1H3;2-3,9-14H,5-8H2,1H3;3-13H,1H3;6-7,9-10,17H,2-5,8H2,1H3;2-9,14H,1H3;3-10H,1H3;;;;;;;/q-1;;2*-1;;;-1;;;;;;;. The van der Waals surface area contributed by atoms with E-state index in [1.54, 1.807) is 30.3 Å². The Kier molecular flexibility index (Phi) is 57.4. The molecule has 0 spiro atoms. The predicted octanol–water partition coefficient (Wildman–Crippen LogP) is 34.6. The summed E-state index contributed by atoms with van der Waals surface area (Å²) in [7, 11) is 0. The maximum Gasteiger partial charge on any atom is 0.204 e. The van der Waals surface area contributed by atoms with Crippen LogP contribution in [0, 0.1) is 152 Å². The van der Waals surface area contributed by atoms with Crippen molar-refractivity contribution in [1.82, 2.24) is 0 Å². The molecule has 145 heavy (non-hydrogen) atoms. The van der Waals surface area contributed by atoms with Crippen LogP contribution >= 0.6 is 0 Å². The molecule has 0 heterocycles. The van der Waals surface area contributed by atoms with Crippen molar-refractivity contribution >= 4 is 0 Å². The minimum absolute atomic E-state index is 0. The van der Waals surface area contributed by atoms with Crippen molar-refractivity contribution in [3.63, 3.8) is 0 Å². The predicted molar refractivity (Wildman–Crippen MR) is 537 cm³/mol. The van der Waals surface area contributed by atoms with Crippen molar-refractivity contribution in [2.45, 2.75) is 157 Å². The molecule has 5 nitrogen and oxygen atoms in total. The number of rotatable bonds is 16. The third kappa shape index (κ3) is 39.1. The Labute approximate surface area is 1030 Å². The van der Waals surface area contributed by atoms with Gasteiger partial charge in [-0.15, -0.1) is 41.0 Å². The molecule has 0 saturated heterocycles. The maximum atomic E-state index is 14.6. The smallest absolute Gasteiger partial charge is 0.204 e. The number of halogens is 10. The van der Waals surface area contributed by atoms with Gasteiger partial charge in [-0.05, 0) is 260 Å². The molecule has 4 aliphatic carbocycles. The second-order valence-electron chi connectivity index (χ2n) is 37.2. The summed E-state index contributed by atoms with van der Waals surface area (Å²) in [6.07, 6.45) is 19.7. The largest absolute Gasteiger partial charge is 0.508 e. The third-order valence-corrected chi connectivity index (χ3v) is 26.8. The van der Waals surface area contributed by atoms with E-state index in [1.165, 1.54) is 146 Å². The van der Waals surface area contributed by atoms with Crippen LogP contribution in [-0.2, 0) is 229 Å². The molecule has 0 aromatic heterocycles. The zero-order chi connectivity index (χ0) is 97.7. The molecule has 735 valence electrons. The van der Waals surface area contributed by atoms with Crippen LogP contribution in [0.2, 0.25) is 0 Å². The molecular formula is C123H118F10O5Y7-4. The molecule has 4 fully saturated rings. The fraction of sp³-hybridized carbons (Fsp3) is 0.268. The van der Waals surface area contributed by atoms with E-state index < -0.39 is 63.9 Å². The first-order valence-electron chi connectivity index (χ1n) is 47.8. The molecule has 0 amide bonds. The van der Waals surface area contributed by atoms with Gasteiger partial charge < -0.3 is 24.8 Å². The Hall–Kier alpha value is -5.67. The summed E-state index contributed by atoms with van der Waals surface area (Å²) >= 11 is 0. The second kappa shape index (κ2) is 65.0. The normalized spacial score (nSPS) is 16.7. The minimum atomic E-state index is -1.25. The topological polar surface area (TPSA) is 79.2 Å². The average Bonchev–Trinajstić information content (AvgIpc) is 0.812. The third-order valence-electron chi connectivity index (χ3n) is 26.8. The molecule has 15 aromatic carbocycles. The van der Waals surface area contributed by atoms with Crippen molar-refractivity contribution < 1.29 is 298 Å². The van der Waals surface area contributed by atoms with Gasteiger partial charge in [0.2, 0.25) is 23.3 Å². The molecule has 3 N–H and O–H groups in total. The van der Waals surface area contributed by atoms with Crippen LogP contribution in [0.25, 0.3) is 89.0 Å². The molecular weight excluding hydrogens is 2370 g/mol. The van der Waals surface area contributed by atoms with E-state index in [0.717, 1.165) is 124 Å². The first kappa shape index (κ1) is 128. The van der Waals surface area contributed by atoms with Crippen LogP contribution in [0.1, 0.15) is 157 Å². The summed E-state index contributed by atoms with van der Waals surface area (Å²) in [6.45, 7) is 15.8. The number of hydrogen-bond donors (Lipinski definition) is 3. The number of aromatic hydroxyl groups is 3. The van der Waals surface area contributed by atoms with Gasteiger partial charge in [-0.3, -0.25) is 4.39 Å². The fourth-order valence-electron chi connectivity index (χ4n) is 18.2. The Morgan fingerprint density at radius 1 is 0.269 bits per heavy atom. The Morgan fingerprint density at radius 3 is 0.986 bits per heavy atom. The Balaban J connectivity index is 0.000000260. The van der Waals surface area contributed by atoms with Gasteiger partial charge in [-0.1, -0.05) is 264 Å². The van der Waals surface area contributed by atoms with Gasteiger partial charge in [-0.25, -0.2) is 22.0 Å². The van der Waals surface area contributed by atoms with Gasteiger partial charge in [0.05, 0.1) is 19.0 Å². The van der Waals surface area contributed by atoms with Crippen LogP contribution in [0.3, 0.4) is 0 Å². The van der Waals surface area contributed by atoms with Crippen LogP contribution in [0.15, 0.2) is 303 Å². The number of hydrogen-bond acceptors (Lipinski definition) is 5. The number of phenols is 3.